The molecule has 2 aromatic rings. The summed E-state index contributed by atoms with van der Waals surface area (Å²) >= 11 is 0. The summed E-state index contributed by atoms with van der Waals surface area (Å²) in [4.78, 5) is 26.5. The molecule has 3 heterocycles. The topological polar surface area (TPSA) is 140 Å². The molecule has 2 aliphatic rings. The first kappa shape index (κ1) is 23.9. The molecule has 1 aromatic heterocycles. The number of piperidine rings is 1. The second kappa shape index (κ2) is 9.52. The number of anilines is 2. The van der Waals surface area contributed by atoms with E-state index in [1.807, 2.05) is 4.90 Å². The Morgan fingerprint density at radius 3 is 2.68 bits per heavy atom. The highest BCUT2D eigenvalue weighted by Gasteiger charge is 2.33. The summed E-state index contributed by atoms with van der Waals surface area (Å²) in [6.07, 6.45) is 1.27. The van der Waals surface area contributed by atoms with Crippen LogP contribution >= 0.6 is 0 Å². The molecule has 2 fully saturated rings. The number of carbonyl (C=O) groups is 2. The molecule has 1 N–H and O–H groups in total. The molecular formula is C20H26FN7O5S. The van der Waals surface area contributed by atoms with Crippen molar-refractivity contribution in [2.45, 2.75) is 37.7 Å². The Labute approximate surface area is 196 Å². The lowest BCUT2D eigenvalue weighted by Crippen LogP contribution is -2.36. The Hall–Kier alpha value is -3.29. The first-order chi connectivity index (χ1) is 16.1. The summed E-state index contributed by atoms with van der Waals surface area (Å²) in [6.45, 7) is 2.85. The molecule has 1 aromatic carbocycles. The van der Waals surface area contributed by atoms with E-state index < -0.39 is 27.9 Å². The van der Waals surface area contributed by atoms with Crippen molar-refractivity contribution in [3.8, 4) is 0 Å². The third-order valence-corrected chi connectivity index (χ3v) is 6.58. The van der Waals surface area contributed by atoms with Crippen LogP contribution in [0.3, 0.4) is 0 Å². The summed E-state index contributed by atoms with van der Waals surface area (Å²) in [7, 11) is -3.27. The van der Waals surface area contributed by atoms with Gasteiger partial charge >= 0.3 is 6.09 Å². The van der Waals surface area contributed by atoms with Gasteiger partial charge in [0.15, 0.2) is 15.7 Å². The third kappa shape index (κ3) is 5.43. The minimum Gasteiger partial charge on any atom is -0.442 e. The monoisotopic (exact) mass is 495 g/mol. The van der Waals surface area contributed by atoms with E-state index in [1.54, 1.807) is 16.8 Å². The molecule has 1 atom stereocenters. The van der Waals surface area contributed by atoms with Gasteiger partial charge in [-0.15, -0.1) is 5.10 Å². The maximum Gasteiger partial charge on any atom is 0.414 e. The number of nitrogens with one attached hydrogen (secondary N) is 1. The standard InChI is InChI=1S/C20H26FN7O5S/c1-13(29)22-10-16-11-27(20(30)33-16)15-3-4-18(17(21)9-15)26-7-5-14(6-8-26)28-19(23-24-25-28)12-34(2,31)32/h3-4,9,14,16H,5-8,10-12H2,1-2H3,(H,22,29)/t16-/m0/s1. The van der Waals surface area contributed by atoms with Gasteiger partial charge in [-0.05, 0) is 41.5 Å². The van der Waals surface area contributed by atoms with Gasteiger partial charge in [-0.25, -0.2) is 22.3 Å². The molecule has 4 rings (SSSR count). The number of carbonyl (C=O) groups excluding carboxylic acids is 2. The molecule has 12 nitrogen and oxygen atoms in total. The van der Waals surface area contributed by atoms with E-state index >= 15 is 4.39 Å². The van der Waals surface area contributed by atoms with E-state index in [9.17, 15) is 18.0 Å². The number of amides is 2. The maximum atomic E-state index is 15.0. The Bertz CT molecular complexity index is 1180. The number of tetrazole rings is 1. The zero-order chi connectivity index (χ0) is 24.5. The first-order valence-electron chi connectivity index (χ1n) is 10.8. The van der Waals surface area contributed by atoms with Gasteiger partial charge in [0.25, 0.3) is 0 Å². The van der Waals surface area contributed by atoms with Crippen molar-refractivity contribution in [3.63, 3.8) is 0 Å². The molecule has 14 heteroatoms. The quantitative estimate of drug-likeness (QED) is 0.587. The number of halogens is 1. The fraction of sp³-hybridized carbons (Fsp3) is 0.550. The smallest absolute Gasteiger partial charge is 0.414 e. The number of cyclic esters (lactones) is 1. The van der Waals surface area contributed by atoms with Crippen molar-refractivity contribution in [3.05, 3.63) is 29.8 Å². The molecule has 2 saturated heterocycles. The van der Waals surface area contributed by atoms with Gasteiger partial charge in [0.1, 0.15) is 17.7 Å². The minimum atomic E-state index is -3.27. The second-order valence-electron chi connectivity index (χ2n) is 8.52. The highest BCUT2D eigenvalue weighted by atomic mass is 32.2. The lowest BCUT2D eigenvalue weighted by Gasteiger charge is -2.34. The Morgan fingerprint density at radius 1 is 1.29 bits per heavy atom. The molecule has 2 aliphatic heterocycles. The van der Waals surface area contributed by atoms with Crippen molar-refractivity contribution in [1.29, 1.82) is 0 Å². The largest absolute Gasteiger partial charge is 0.442 e. The molecule has 2 amide bonds. The predicted octanol–water partition coefficient (Wildman–Crippen LogP) is 0.660. The summed E-state index contributed by atoms with van der Waals surface area (Å²) in [5, 5.41) is 14.0. The average Bonchev–Trinajstić information content (AvgIpc) is 3.37. The SMILES string of the molecule is CC(=O)NC[C@H]1CN(c2ccc(N3CCC(n4nnnc4CS(C)(=O)=O)CC3)c(F)c2)C(=O)O1. The van der Waals surface area contributed by atoms with Gasteiger partial charge < -0.3 is 15.0 Å². The fourth-order valence-corrected chi connectivity index (χ4v) is 4.85. The van der Waals surface area contributed by atoms with Crippen molar-refractivity contribution < 1.29 is 27.1 Å². The lowest BCUT2D eigenvalue weighted by atomic mass is 10.0. The highest BCUT2D eigenvalue weighted by molar-refractivity contribution is 7.89. The Morgan fingerprint density at radius 2 is 2.03 bits per heavy atom. The number of benzene rings is 1. The number of rotatable bonds is 7. The van der Waals surface area contributed by atoms with Crippen LogP contribution < -0.4 is 15.1 Å². The highest BCUT2D eigenvalue weighted by Crippen LogP contribution is 2.31. The summed E-state index contributed by atoms with van der Waals surface area (Å²) in [5.41, 5.74) is 0.795. The number of ether oxygens (including phenoxy) is 1. The van der Waals surface area contributed by atoms with E-state index in [2.05, 4.69) is 20.8 Å². The molecular weight excluding hydrogens is 469 g/mol. The van der Waals surface area contributed by atoms with Gasteiger partial charge in [-0.1, -0.05) is 0 Å². The molecule has 0 radical (unpaired) electrons. The van der Waals surface area contributed by atoms with E-state index in [4.69, 9.17) is 4.74 Å². The molecule has 0 saturated carbocycles. The van der Waals surface area contributed by atoms with E-state index in [1.165, 1.54) is 17.9 Å². The molecule has 184 valence electrons. The van der Waals surface area contributed by atoms with Crippen LogP contribution in [-0.2, 0) is 25.1 Å². The van der Waals surface area contributed by atoms with Gasteiger partial charge in [0.05, 0.1) is 30.5 Å². The van der Waals surface area contributed by atoms with Crippen LogP contribution in [0.1, 0.15) is 31.6 Å². The zero-order valence-corrected chi connectivity index (χ0v) is 19.7. The van der Waals surface area contributed by atoms with Crippen LogP contribution in [0.5, 0.6) is 0 Å². The Kier molecular flexibility index (Phi) is 6.68. The second-order valence-corrected chi connectivity index (χ2v) is 10.7. The lowest BCUT2D eigenvalue weighted by molar-refractivity contribution is -0.119. The normalized spacial score (nSPS) is 19.4. The van der Waals surface area contributed by atoms with Crippen molar-refractivity contribution >= 4 is 33.2 Å². The summed E-state index contributed by atoms with van der Waals surface area (Å²) < 4.78 is 45.0. The van der Waals surface area contributed by atoms with Crippen molar-refractivity contribution in [1.82, 2.24) is 25.5 Å². The third-order valence-electron chi connectivity index (χ3n) is 5.80. The number of hydrogen-bond donors (Lipinski definition) is 1. The summed E-state index contributed by atoms with van der Waals surface area (Å²) in [6, 6.07) is 4.52. The number of aromatic nitrogens is 4. The average molecular weight is 496 g/mol. The van der Waals surface area contributed by atoms with Crippen LogP contribution in [0.2, 0.25) is 0 Å². The van der Waals surface area contributed by atoms with Gasteiger partial charge in [0, 0.05) is 26.3 Å². The number of hydrogen-bond acceptors (Lipinski definition) is 9. The fourth-order valence-electron chi connectivity index (χ4n) is 4.19. The molecule has 0 unspecified atom stereocenters. The minimum absolute atomic E-state index is 0.0785. The maximum absolute atomic E-state index is 15.0. The van der Waals surface area contributed by atoms with E-state index in [-0.39, 0.29) is 30.8 Å². The molecule has 0 bridgehead atoms. The zero-order valence-electron chi connectivity index (χ0n) is 18.8. The summed E-state index contributed by atoms with van der Waals surface area (Å²) in [5.74, 6) is -0.624. The van der Waals surface area contributed by atoms with Gasteiger partial charge in [0.2, 0.25) is 5.91 Å². The van der Waals surface area contributed by atoms with E-state index in [0.29, 0.717) is 43.1 Å². The van der Waals surface area contributed by atoms with Crippen molar-refractivity contribution in [2.24, 2.45) is 0 Å². The van der Waals surface area contributed by atoms with Crippen LogP contribution in [0.4, 0.5) is 20.6 Å². The Balaban J connectivity index is 1.39. The van der Waals surface area contributed by atoms with Crippen LogP contribution in [0, 0.1) is 5.82 Å². The van der Waals surface area contributed by atoms with Crippen molar-refractivity contribution in [2.75, 3.05) is 42.2 Å². The molecule has 0 spiro atoms. The van der Waals surface area contributed by atoms with Gasteiger partial charge in [-0.2, -0.15) is 0 Å². The number of sulfone groups is 1. The van der Waals surface area contributed by atoms with Gasteiger partial charge in [-0.3, -0.25) is 9.69 Å². The number of nitrogens with zero attached hydrogens (tertiary/aromatic N) is 6. The molecule has 34 heavy (non-hydrogen) atoms. The van der Waals surface area contributed by atoms with E-state index in [0.717, 1.165) is 6.26 Å². The molecule has 0 aliphatic carbocycles. The predicted molar refractivity (Wildman–Crippen MR) is 120 cm³/mol. The van der Waals surface area contributed by atoms with Crippen LogP contribution in [0.25, 0.3) is 0 Å². The van der Waals surface area contributed by atoms with Crippen LogP contribution in [-0.4, -0.2) is 79.2 Å². The van der Waals surface area contributed by atoms with Crippen LogP contribution in [0.15, 0.2) is 18.2 Å². The first-order valence-corrected chi connectivity index (χ1v) is 12.9.